The van der Waals surface area contributed by atoms with Crippen molar-refractivity contribution in [3.8, 4) is 11.1 Å². The van der Waals surface area contributed by atoms with Crippen LogP contribution in [0.4, 0.5) is 0 Å². The number of rotatable bonds is 1. The fourth-order valence-electron chi connectivity index (χ4n) is 3.61. The molecule has 4 aromatic rings. The van der Waals surface area contributed by atoms with Crippen molar-refractivity contribution in [2.75, 3.05) is 0 Å². The second-order valence-corrected chi connectivity index (χ2v) is 7.81. The topological polar surface area (TPSA) is 3.88 Å². The lowest BCUT2D eigenvalue weighted by atomic mass is 9.81. The molecule has 0 unspecified atom stereocenters. The van der Waals surface area contributed by atoms with E-state index < -0.39 is 0 Å². The number of fused-ring (bicyclic) bond motifs is 2. The van der Waals surface area contributed by atoms with Crippen molar-refractivity contribution in [1.29, 1.82) is 0 Å². The molecule has 0 N–H and O–H groups in total. The van der Waals surface area contributed by atoms with E-state index in [9.17, 15) is 0 Å². The molecule has 0 radical (unpaired) electrons. The van der Waals surface area contributed by atoms with Crippen LogP contribution in [0.25, 0.3) is 32.7 Å². The molecule has 0 saturated heterocycles. The van der Waals surface area contributed by atoms with Crippen LogP contribution in [0, 0.1) is 6.20 Å². The Morgan fingerprint density at radius 2 is 1.44 bits per heavy atom. The van der Waals surface area contributed by atoms with Crippen LogP contribution in [0.1, 0.15) is 26.3 Å². The summed E-state index contributed by atoms with van der Waals surface area (Å²) in [6.07, 6.45) is 5.66. The van der Waals surface area contributed by atoms with Crippen LogP contribution in [0.3, 0.4) is 0 Å². The highest BCUT2D eigenvalue weighted by Crippen LogP contribution is 2.36. The minimum atomic E-state index is 0.0857. The lowest BCUT2D eigenvalue weighted by molar-refractivity contribution is -0.673. The maximum atomic E-state index is 3.53. The smallest absolute Gasteiger partial charge is 0.154 e. The third-order valence-electron chi connectivity index (χ3n) is 4.81. The number of nitrogens with zero attached hydrogens (tertiary/aromatic N) is 1. The Kier molecular flexibility index (Phi) is 3.61. The summed E-state index contributed by atoms with van der Waals surface area (Å²) in [6.45, 7) is 6.85. The molecule has 0 bridgehead atoms. The highest BCUT2D eigenvalue weighted by Gasteiger charge is 2.17. The second-order valence-electron chi connectivity index (χ2n) is 7.81. The summed E-state index contributed by atoms with van der Waals surface area (Å²) < 4.78 is 2.03. The van der Waals surface area contributed by atoms with Gasteiger partial charge in [-0.3, -0.25) is 4.57 Å². The molecule has 0 saturated carbocycles. The quantitative estimate of drug-likeness (QED) is 0.318. The van der Waals surface area contributed by atoms with E-state index in [1.807, 2.05) is 11.6 Å². The van der Waals surface area contributed by atoms with Crippen LogP contribution in [0.5, 0.6) is 0 Å². The lowest BCUT2D eigenvalue weighted by Gasteiger charge is -2.24. The van der Waals surface area contributed by atoms with Gasteiger partial charge in [0.1, 0.15) is 7.05 Å². The maximum Gasteiger partial charge on any atom is 0.154 e. The SMILES string of the molecule is C[n+]1[c-]c(-c2cc(C(C)(C)C)c3ccccc3c2)c2ccccc2c1. The summed E-state index contributed by atoms with van der Waals surface area (Å²) in [7, 11) is 2.04. The summed E-state index contributed by atoms with van der Waals surface area (Å²) in [5.74, 6) is 0. The lowest BCUT2D eigenvalue weighted by Crippen LogP contribution is -2.27. The second kappa shape index (κ2) is 5.70. The van der Waals surface area contributed by atoms with Gasteiger partial charge in [0.15, 0.2) is 6.20 Å². The van der Waals surface area contributed by atoms with Gasteiger partial charge in [-0.15, -0.1) is 0 Å². The number of hydrogen-bond donors (Lipinski definition) is 0. The largest absolute Gasteiger partial charge is 0.284 e. The Balaban J connectivity index is 2.09. The van der Waals surface area contributed by atoms with E-state index in [0.717, 1.165) is 5.56 Å². The predicted molar refractivity (Wildman–Crippen MR) is 106 cm³/mol. The van der Waals surface area contributed by atoms with Gasteiger partial charge in [0.05, 0.1) is 6.20 Å². The standard InChI is InChI=1S/C24H23N/c1-24(2,3)23-14-19(13-17-9-5-8-12-21(17)23)22-16-25(4)15-18-10-6-7-11-20(18)22/h5-15H,1-4H3. The zero-order valence-electron chi connectivity index (χ0n) is 15.3. The molecular weight excluding hydrogens is 302 g/mol. The fourth-order valence-corrected chi connectivity index (χ4v) is 3.61. The summed E-state index contributed by atoms with van der Waals surface area (Å²) in [6, 6.07) is 21.9. The van der Waals surface area contributed by atoms with Crippen LogP contribution in [0.2, 0.25) is 0 Å². The monoisotopic (exact) mass is 325 g/mol. The molecular formula is C24H23N. The first-order valence-electron chi connectivity index (χ1n) is 8.78. The molecule has 4 rings (SSSR count). The summed E-state index contributed by atoms with van der Waals surface area (Å²) in [4.78, 5) is 0. The zero-order valence-corrected chi connectivity index (χ0v) is 15.3. The Morgan fingerprint density at radius 3 is 2.16 bits per heavy atom. The maximum absolute atomic E-state index is 3.53. The van der Waals surface area contributed by atoms with E-state index in [1.165, 1.54) is 32.7 Å². The highest BCUT2D eigenvalue weighted by molar-refractivity contribution is 5.98. The molecule has 1 nitrogen and oxygen atoms in total. The Labute approximate surface area is 149 Å². The molecule has 0 atom stereocenters. The van der Waals surface area contributed by atoms with Crippen molar-refractivity contribution in [1.82, 2.24) is 0 Å². The normalized spacial score (nSPS) is 12.0. The summed E-state index contributed by atoms with van der Waals surface area (Å²) in [5.41, 5.74) is 3.86. The molecule has 124 valence electrons. The molecule has 1 heteroatoms. The molecule has 3 aromatic carbocycles. The van der Waals surface area contributed by atoms with Crippen molar-refractivity contribution < 1.29 is 4.57 Å². The third kappa shape index (κ3) is 2.80. The van der Waals surface area contributed by atoms with Crippen LogP contribution in [-0.2, 0) is 12.5 Å². The molecule has 0 spiro atoms. The van der Waals surface area contributed by atoms with E-state index >= 15 is 0 Å². The fraction of sp³-hybridized carbons (Fsp3) is 0.208. The van der Waals surface area contributed by atoms with Gasteiger partial charge in [-0.2, -0.15) is 0 Å². The number of aromatic nitrogens is 1. The summed E-state index contributed by atoms with van der Waals surface area (Å²) >= 11 is 0. The van der Waals surface area contributed by atoms with Crippen LogP contribution in [0.15, 0.2) is 66.9 Å². The first-order chi connectivity index (χ1) is 11.9. The number of aryl methyl sites for hydroxylation is 1. The van der Waals surface area contributed by atoms with Crippen molar-refractivity contribution >= 4 is 21.5 Å². The van der Waals surface area contributed by atoms with Crippen molar-refractivity contribution in [2.24, 2.45) is 7.05 Å². The highest BCUT2D eigenvalue weighted by atomic mass is 14.9. The molecule has 1 heterocycles. The molecule has 0 fully saturated rings. The van der Waals surface area contributed by atoms with Crippen LogP contribution >= 0.6 is 0 Å². The van der Waals surface area contributed by atoms with E-state index in [1.54, 1.807) is 0 Å². The van der Waals surface area contributed by atoms with Crippen molar-refractivity contribution in [3.63, 3.8) is 0 Å². The van der Waals surface area contributed by atoms with Gasteiger partial charge in [0.2, 0.25) is 0 Å². The van der Waals surface area contributed by atoms with Crippen molar-refractivity contribution in [3.05, 3.63) is 78.6 Å². The molecule has 25 heavy (non-hydrogen) atoms. The average molecular weight is 325 g/mol. The Hall–Kier alpha value is -2.67. The minimum Gasteiger partial charge on any atom is -0.284 e. The van der Waals surface area contributed by atoms with Crippen LogP contribution < -0.4 is 4.57 Å². The first-order valence-corrected chi connectivity index (χ1v) is 8.78. The van der Waals surface area contributed by atoms with Gasteiger partial charge >= 0.3 is 0 Å². The Morgan fingerprint density at radius 1 is 0.800 bits per heavy atom. The van der Waals surface area contributed by atoms with E-state index in [0.29, 0.717) is 0 Å². The predicted octanol–water partition coefficient (Wildman–Crippen LogP) is 5.58. The number of benzene rings is 3. The van der Waals surface area contributed by atoms with Gasteiger partial charge in [-0.1, -0.05) is 97.9 Å². The van der Waals surface area contributed by atoms with Crippen LogP contribution in [-0.4, -0.2) is 0 Å². The summed E-state index contributed by atoms with van der Waals surface area (Å²) in [5, 5.41) is 5.11. The zero-order chi connectivity index (χ0) is 17.6. The average Bonchev–Trinajstić information content (AvgIpc) is 2.59. The third-order valence-corrected chi connectivity index (χ3v) is 4.81. The van der Waals surface area contributed by atoms with E-state index in [-0.39, 0.29) is 5.41 Å². The molecule has 0 aliphatic rings. The molecule has 1 aromatic heterocycles. The van der Waals surface area contributed by atoms with Gasteiger partial charge < -0.3 is 0 Å². The molecule has 0 amide bonds. The Bertz CT molecular complexity index is 1080. The van der Waals surface area contributed by atoms with Crippen molar-refractivity contribution in [2.45, 2.75) is 26.2 Å². The van der Waals surface area contributed by atoms with Gasteiger partial charge in [0.25, 0.3) is 0 Å². The molecule has 0 aliphatic heterocycles. The van der Waals surface area contributed by atoms with Gasteiger partial charge in [-0.25, -0.2) is 0 Å². The van der Waals surface area contributed by atoms with E-state index in [2.05, 4.69) is 93.8 Å². The first kappa shape index (κ1) is 15.8. The number of hydrogen-bond acceptors (Lipinski definition) is 0. The molecule has 0 aliphatic carbocycles. The van der Waals surface area contributed by atoms with Gasteiger partial charge in [-0.05, 0) is 27.1 Å². The number of pyridine rings is 1. The van der Waals surface area contributed by atoms with Gasteiger partial charge in [0, 0.05) is 0 Å². The minimum absolute atomic E-state index is 0.0857. The van der Waals surface area contributed by atoms with E-state index in [4.69, 9.17) is 0 Å².